The Kier molecular flexibility index (Phi) is 10.0. The van der Waals surface area contributed by atoms with Crippen LogP contribution in [0.25, 0.3) is 0 Å². The molecule has 2 atom stereocenters. The highest BCUT2D eigenvalue weighted by Gasteiger charge is 2.38. The van der Waals surface area contributed by atoms with Gasteiger partial charge in [0, 0.05) is 45.7 Å². The summed E-state index contributed by atoms with van der Waals surface area (Å²) in [5, 5.41) is 8.98. The van der Waals surface area contributed by atoms with Gasteiger partial charge in [0.25, 0.3) is 0 Å². The van der Waals surface area contributed by atoms with E-state index in [2.05, 4.69) is 45.0 Å². The first-order valence-corrected chi connectivity index (χ1v) is 13.9. The SMILES string of the molecule is CN1CC(N2CCN(CCCC(=O)O)CC2CCCCC2CCN(Cc3ccccc3)CC2)OC1=O. The number of benzene rings is 1. The lowest BCUT2D eigenvalue weighted by Crippen LogP contribution is -2.57. The molecule has 1 N–H and O–H groups in total. The van der Waals surface area contributed by atoms with Crippen LogP contribution in [0.15, 0.2) is 30.3 Å². The van der Waals surface area contributed by atoms with Gasteiger partial charge in [0.1, 0.15) is 0 Å². The normalized spacial score (nSPS) is 24.8. The second-order valence-electron chi connectivity index (χ2n) is 10.9. The van der Waals surface area contributed by atoms with Gasteiger partial charge in [0.15, 0.2) is 6.23 Å². The van der Waals surface area contributed by atoms with Crippen LogP contribution in [0.3, 0.4) is 0 Å². The molecule has 1 amide bonds. The summed E-state index contributed by atoms with van der Waals surface area (Å²) in [4.78, 5) is 31.9. The largest absolute Gasteiger partial charge is 0.481 e. The molecule has 200 valence electrons. The van der Waals surface area contributed by atoms with E-state index in [0.717, 1.165) is 45.1 Å². The topological polar surface area (TPSA) is 76.6 Å². The van der Waals surface area contributed by atoms with E-state index in [1.165, 1.54) is 50.8 Å². The Morgan fingerprint density at radius 3 is 2.42 bits per heavy atom. The number of cyclic esters (lactones) is 1. The molecule has 8 heteroatoms. The average Bonchev–Trinajstić information content (AvgIpc) is 3.21. The van der Waals surface area contributed by atoms with Gasteiger partial charge in [-0.3, -0.25) is 14.6 Å². The molecule has 3 aliphatic heterocycles. The van der Waals surface area contributed by atoms with Gasteiger partial charge < -0.3 is 19.6 Å². The summed E-state index contributed by atoms with van der Waals surface area (Å²) < 4.78 is 5.66. The number of piperidine rings is 1. The van der Waals surface area contributed by atoms with Crippen molar-refractivity contribution in [1.29, 1.82) is 0 Å². The van der Waals surface area contributed by atoms with E-state index in [9.17, 15) is 9.59 Å². The van der Waals surface area contributed by atoms with E-state index in [0.29, 0.717) is 19.0 Å². The van der Waals surface area contributed by atoms with Gasteiger partial charge in [-0.05, 0) is 56.8 Å². The molecule has 3 fully saturated rings. The molecule has 4 rings (SSSR count). The lowest BCUT2D eigenvalue weighted by atomic mass is 9.90. The first-order valence-electron chi connectivity index (χ1n) is 13.9. The van der Waals surface area contributed by atoms with Gasteiger partial charge in [0.05, 0.1) is 6.54 Å². The summed E-state index contributed by atoms with van der Waals surface area (Å²) in [5.41, 5.74) is 1.41. The van der Waals surface area contributed by atoms with E-state index in [4.69, 9.17) is 9.84 Å². The summed E-state index contributed by atoms with van der Waals surface area (Å²) in [5.74, 6) is 0.105. The minimum Gasteiger partial charge on any atom is -0.481 e. The number of carbonyl (C=O) groups excluding carboxylic acids is 1. The molecule has 0 spiro atoms. The maximum atomic E-state index is 12.0. The summed E-state index contributed by atoms with van der Waals surface area (Å²) >= 11 is 0. The van der Waals surface area contributed by atoms with Gasteiger partial charge in [-0.15, -0.1) is 0 Å². The predicted molar refractivity (Wildman–Crippen MR) is 140 cm³/mol. The van der Waals surface area contributed by atoms with Crippen molar-refractivity contribution in [3.8, 4) is 0 Å². The number of piperazine rings is 1. The number of unbranched alkanes of at least 4 members (excludes halogenated alkanes) is 1. The molecule has 3 aliphatic rings. The zero-order valence-electron chi connectivity index (χ0n) is 21.9. The number of carbonyl (C=O) groups is 2. The third kappa shape index (κ3) is 7.92. The fourth-order valence-electron chi connectivity index (χ4n) is 6.04. The summed E-state index contributed by atoms with van der Waals surface area (Å²) in [6.07, 6.45) is 7.93. The first kappa shape index (κ1) is 26.9. The van der Waals surface area contributed by atoms with Gasteiger partial charge in [-0.25, -0.2) is 4.79 Å². The fraction of sp³-hybridized carbons (Fsp3) is 0.714. The van der Waals surface area contributed by atoms with Crippen molar-refractivity contribution in [2.24, 2.45) is 5.92 Å². The molecular weight excluding hydrogens is 456 g/mol. The summed E-state index contributed by atoms with van der Waals surface area (Å²) in [6.45, 7) is 7.59. The zero-order chi connectivity index (χ0) is 25.3. The van der Waals surface area contributed by atoms with Gasteiger partial charge in [-0.2, -0.15) is 0 Å². The van der Waals surface area contributed by atoms with E-state index >= 15 is 0 Å². The number of likely N-dealkylation sites (tertiary alicyclic amines) is 1. The monoisotopic (exact) mass is 500 g/mol. The quantitative estimate of drug-likeness (QED) is 0.439. The molecule has 1 aromatic rings. The smallest absolute Gasteiger partial charge is 0.411 e. The number of likely N-dealkylation sites (N-methyl/N-ethyl adjacent to an activating group) is 1. The van der Waals surface area contributed by atoms with Crippen LogP contribution in [0.4, 0.5) is 4.79 Å². The minimum atomic E-state index is -0.725. The second-order valence-corrected chi connectivity index (χ2v) is 10.9. The second kappa shape index (κ2) is 13.4. The maximum Gasteiger partial charge on any atom is 0.411 e. The van der Waals surface area contributed by atoms with E-state index < -0.39 is 5.97 Å². The molecule has 0 aromatic heterocycles. The molecule has 2 unspecified atom stereocenters. The molecular formula is C28H44N4O4. The highest BCUT2D eigenvalue weighted by Crippen LogP contribution is 2.27. The molecule has 0 aliphatic carbocycles. The number of aliphatic carboxylic acids is 1. The number of amides is 1. The lowest BCUT2D eigenvalue weighted by Gasteiger charge is -2.43. The van der Waals surface area contributed by atoms with Crippen LogP contribution < -0.4 is 0 Å². The van der Waals surface area contributed by atoms with Crippen molar-refractivity contribution < 1.29 is 19.4 Å². The predicted octanol–water partition coefficient (Wildman–Crippen LogP) is 3.72. The maximum absolute atomic E-state index is 12.0. The fourth-order valence-corrected chi connectivity index (χ4v) is 6.04. The van der Waals surface area contributed by atoms with E-state index in [-0.39, 0.29) is 18.7 Å². The molecule has 3 saturated heterocycles. The Hall–Kier alpha value is -2.16. The molecule has 8 nitrogen and oxygen atoms in total. The minimum absolute atomic E-state index is 0.164. The third-order valence-corrected chi connectivity index (χ3v) is 8.18. The summed E-state index contributed by atoms with van der Waals surface area (Å²) in [7, 11) is 1.80. The van der Waals surface area contributed by atoms with Crippen LogP contribution in [0.5, 0.6) is 0 Å². The third-order valence-electron chi connectivity index (χ3n) is 8.18. The van der Waals surface area contributed by atoms with Crippen molar-refractivity contribution in [2.45, 2.75) is 70.2 Å². The molecule has 0 saturated carbocycles. The van der Waals surface area contributed by atoms with Crippen LogP contribution in [0.2, 0.25) is 0 Å². The van der Waals surface area contributed by atoms with Crippen LogP contribution in [0, 0.1) is 5.92 Å². The first-order chi connectivity index (χ1) is 17.5. The molecule has 1 aromatic carbocycles. The van der Waals surface area contributed by atoms with E-state index in [1.807, 2.05) is 0 Å². The Balaban J connectivity index is 1.19. The van der Waals surface area contributed by atoms with Crippen molar-refractivity contribution in [1.82, 2.24) is 19.6 Å². The molecule has 3 heterocycles. The molecule has 0 radical (unpaired) electrons. The van der Waals surface area contributed by atoms with Crippen molar-refractivity contribution >= 4 is 12.1 Å². The van der Waals surface area contributed by atoms with Crippen LogP contribution in [-0.2, 0) is 16.1 Å². The van der Waals surface area contributed by atoms with Crippen LogP contribution in [0.1, 0.15) is 56.9 Å². The number of hydrogen-bond acceptors (Lipinski definition) is 6. The van der Waals surface area contributed by atoms with Crippen molar-refractivity contribution in [3.63, 3.8) is 0 Å². The standard InChI is InChI=1S/C28H44N4O4/c1-29-22-26(36-28(29)35)32-19-18-30(15-7-12-27(33)34)21-25(32)11-6-5-8-23-13-16-31(17-14-23)20-24-9-3-2-4-10-24/h2-4,9-10,23,25-26H,5-8,11-22H2,1H3,(H,33,34). The lowest BCUT2D eigenvalue weighted by molar-refractivity contribution is -0.137. The number of carboxylic acid groups (broad SMARTS) is 1. The summed E-state index contributed by atoms with van der Waals surface area (Å²) in [6, 6.07) is 11.1. The zero-order valence-corrected chi connectivity index (χ0v) is 21.9. The molecule has 36 heavy (non-hydrogen) atoms. The average molecular weight is 501 g/mol. The molecule has 0 bridgehead atoms. The Morgan fingerprint density at radius 2 is 1.72 bits per heavy atom. The van der Waals surface area contributed by atoms with Crippen molar-refractivity contribution in [2.75, 3.05) is 52.9 Å². The Bertz CT molecular complexity index is 830. The number of rotatable bonds is 12. The number of carboxylic acids is 1. The number of hydrogen-bond donors (Lipinski definition) is 1. The van der Waals surface area contributed by atoms with Crippen LogP contribution in [-0.4, -0.2) is 102 Å². The van der Waals surface area contributed by atoms with Crippen LogP contribution >= 0.6 is 0 Å². The van der Waals surface area contributed by atoms with E-state index in [1.54, 1.807) is 11.9 Å². The Morgan fingerprint density at radius 1 is 0.972 bits per heavy atom. The highest BCUT2D eigenvalue weighted by atomic mass is 16.6. The van der Waals surface area contributed by atoms with Gasteiger partial charge in [-0.1, -0.05) is 49.6 Å². The van der Waals surface area contributed by atoms with Crippen molar-refractivity contribution in [3.05, 3.63) is 35.9 Å². The number of nitrogens with zero attached hydrogens (tertiary/aromatic N) is 4. The highest BCUT2D eigenvalue weighted by molar-refractivity contribution is 5.69. The van der Waals surface area contributed by atoms with Gasteiger partial charge >= 0.3 is 12.1 Å². The van der Waals surface area contributed by atoms with Gasteiger partial charge in [0.2, 0.25) is 0 Å². The number of ether oxygens (including phenoxy) is 1. The Labute approximate surface area is 216 Å².